The highest BCUT2D eigenvalue weighted by molar-refractivity contribution is 5.96. The zero-order chi connectivity index (χ0) is 23.9. The topological polar surface area (TPSA) is 95.2 Å². The molecule has 0 saturated heterocycles. The monoisotopic (exact) mass is 459 g/mol. The van der Waals surface area contributed by atoms with Crippen molar-refractivity contribution in [3.05, 3.63) is 78.6 Å². The largest absolute Gasteiger partial charge is 0.382 e. The molecule has 3 N–H and O–H groups in total. The number of fused-ring (bicyclic) bond motifs is 2. The average Bonchev–Trinajstić information content (AvgIpc) is 3.47. The highest BCUT2D eigenvalue weighted by Gasteiger charge is 2.17. The van der Waals surface area contributed by atoms with Gasteiger partial charge in [-0.15, -0.1) is 0 Å². The van der Waals surface area contributed by atoms with Crippen molar-refractivity contribution in [2.75, 3.05) is 5.32 Å². The Morgan fingerprint density at radius 1 is 0.829 bits per heavy atom. The van der Waals surface area contributed by atoms with Gasteiger partial charge >= 0.3 is 0 Å². The molecule has 0 fully saturated rings. The van der Waals surface area contributed by atoms with Crippen LogP contribution in [0.15, 0.2) is 73.1 Å². The van der Waals surface area contributed by atoms with Gasteiger partial charge in [-0.2, -0.15) is 5.10 Å². The molecule has 0 aliphatic carbocycles. The number of aromatic amines is 2. The zero-order valence-corrected chi connectivity index (χ0v) is 19.8. The van der Waals surface area contributed by atoms with Crippen LogP contribution in [0, 0.1) is 6.92 Å². The van der Waals surface area contributed by atoms with Gasteiger partial charge in [-0.25, -0.2) is 9.97 Å². The molecular weight excluding hydrogens is 434 g/mol. The number of nitrogens with zero attached hydrogens (tertiary/aromatic N) is 4. The number of aromatic nitrogens is 6. The van der Waals surface area contributed by atoms with Crippen LogP contribution in [0.2, 0.25) is 0 Å². The normalized spacial score (nSPS) is 11.5. The van der Waals surface area contributed by atoms with Crippen molar-refractivity contribution < 1.29 is 0 Å². The van der Waals surface area contributed by atoms with Crippen LogP contribution in [0.4, 0.5) is 5.69 Å². The summed E-state index contributed by atoms with van der Waals surface area (Å²) in [5, 5.41) is 11.1. The summed E-state index contributed by atoms with van der Waals surface area (Å²) >= 11 is 0. The summed E-state index contributed by atoms with van der Waals surface area (Å²) < 4.78 is 0. The number of pyridine rings is 2. The molecule has 7 heteroatoms. The van der Waals surface area contributed by atoms with E-state index in [1.165, 1.54) is 5.56 Å². The molecule has 35 heavy (non-hydrogen) atoms. The lowest BCUT2D eigenvalue weighted by Gasteiger charge is -2.10. The smallest absolute Gasteiger partial charge is 0.161 e. The van der Waals surface area contributed by atoms with Gasteiger partial charge in [0.25, 0.3) is 0 Å². The molecule has 0 saturated carbocycles. The van der Waals surface area contributed by atoms with Crippen molar-refractivity contribution in [1.82, 2.24) is 30.1 Å². The second-order valence-electron chi connectivity index (χ2n) is 9.08. The summed E-state index contributed by atoms with van der Waals surface area (Å²) in [6.45, 7) is 6.31. The summed E-state index contributed by atoms with van der Waals surface area (Å²) in [5.41, 5.74) is 10.4. The summed E-state index contributed by atoms with van der Waals surface area (Å²) in [6.07, 6.45) is 3.65. The quantitative estimate of drug-likeness (QED) is 0.279. The minimum atomic E-state index is 0.320. The van der Waals surface area contributed by atoms with Crippen molar-refractivity contribution in [2.24, 2.45) is 0 Å². The van der Waals surface area contributed by atoms with E-state index in [1.54, 1.807) is 0 Å². The first-order valence-electron chi connectivity index (χ1n) is 11.7. The molecule has 0 unspecified atom stereocenters. The van der Waals surface area contributed by atoms with Crippen molar-refractivity contribution in [2.45, 2.75) is 26.8 Å². The van der Waals surface area contributed by atoms with Crippen molar-refractivity contribution in [1.29, 1.82) is 0 Å². The number of imidazole rings is 1. The Hall–Kier alpha value is -4.52. The number of anilines is 1. The molecule has 0 atom stereocenters. The van der Waals surface area contributed by atoms with Crippen LogP contribution in [-0.4, -0.2) is 36.2 Å². The van der Waals surface area contributed by atoms with E-state index in [4.69, 9.17) is 9.97 Å². The standard InChI is InChI=1S/C28H25N7/c1-16(2)30-20-13-19(14-29-15-20)22-10-11-24-26(31-22)27(35-34-24)28-32-23-9-5-8-21(25(23)33-28)18-7-4-6-17(3)12-18/h4-16,30H,1-3H3,(H,32,33)(H,34,35). The molecular formula is C28H25N7. The molecule has 172 valence electrons. The summed E-state index contributed by atoms with van der Waals surface area (Å²) in [6, 6.07) is 21.0. The lowest BCUT2D eigenvalue weighted by molar-refractivity contribution is 0.898. The van der Waals surface area contributed by atoms with Crippen LogP contribution in [0.5, 0.6) is 0 Å². The molecule has 2 aromatic carbocycles. The molecule has 0 amide bonds. The summed E-state index contributed by atoms with van der Waals surface area (Å²) in [4.78, 5) is 17.7. The van der Waals surface area contributed by atoms with E-state index >= 15 is 0 Å². The third kappa shape index (κ3) is 3.91. The van der Waals surface area contributed by atoms with E-state index in [2.05, 4.69) is 82.7 Å². The molecule has 0 radical (unpaired) electrons. The van der Waals surface area contributed by atoms with Crippen LogP contribution in [0.1, 0.15) is 19.4 Å². The number of hydrogen-bond donors (Lipinski definition) is 3. The predicted octanol–water partition coefficient (Wildman–Crippen LogP) is 6.36. The molecule has 6 rings (SSSR count). The van der Waals surface area contributed by atoms with Gasteiger partial charge in [0.1, 0.15) is 5.52 Å². The lowest BCUT2D eigenvalue weighted by Crippen LogP contribution is -2.09. The number of H-pyrrole nitrogens is 2. The van der Waals surface area contributed by atoms with Gasteiger partial charge in [-0.1, -0.05) is 42.0 Å². The number of rotatable bonds is 5. The first-order valence-corrected chi connectivity index (χ1v) is 11.7. The van der Waals surface area contributed by atoms with Crippen LogP contribution in [-0.2, 0) is 0 Å². The molecule has 0 bridgehead atoms. The van der Waals surface area contributed by atoms with Gasteiger partial charge < -0.3 is 10.3 Å². The predicted molar refractivity (Wildman–Crippen MR) is 141 cm³/mol. The van der Waals surface area contributed by atoms with Crippen molar-refractivity contribution in [3.63, 3.8) is 0 Å². The minimum absolute atomic E-state index is 0.320. The van der Waals surface area contributed by atoms with Crippen LogP contribution in [0.25, 0.3) is 56.0 Å². The summed E-state index contributed by atoms with van der Waals surface area (Å²) in [5.74, 6) is 0.685. The number of benzene rings is 2. The first kappa shape index (κ1) is 21.0. The van der Waals surface area contributed by atoms with Gasteiger partial charge in [0, 0.05) is 29.6 Å². The summed E-state index contributed by atoms with van der Waals surface area (Å²) in [7, 11) is 0. The van der Waals surface area contributed by atoms with Gasteiger partial charge in [-0.05, 0) is 50.6 Å². The van der Waals surface area contributed by atoms with E-state index in [9.17, 15) is 0 Å². The van der Waals surface area contributed by atoms with Crippen molar-refractivity contribution >= 4 is 27.8 Å². The third-order valence-electron chi connectivity index (χ3n) is 5.96. The highest BCUT2D eigenvalue weighted by atomic mass is 15.1. The minimum Gasteiger partial charge on any atom is -0.382 e. The fourth-order valence-electron chi connectivity index (χ4n) is 4.41. The maximum absolute atomic E-state index is 4.96. The Labute approximate surface area is 202 Å². The molecule has 4 aromatic heterocycles. The Bertz CT molecular complexity index is 1680. The van der Waals surface area contributed by atoms with Gasteiger partial charge in [-0.3, -0.25) is 10.1 Å². The van der Waals surface area contributed by atoms with E-state index in [0.29, 0.717) is 17.6 Å². The lowest BCUT2D eigenvalue weighted by atomic mass is 10.0. The molecule has 6 aromatic rings. The Morgan fingerprint density at radius 3 is 2.57 bits per heavy atom. The fourth-order valence-corrected chi connectivity index (χ4v) is 4.41. The van der Waals surface area contributed by atoms with Crippen LogP contribution in [0.3, 0.4) is 0 Å². The molecule has 0 aliphatic rings. The average molecular weight is 460 g/mol. The van der Waals surface area contributed by atoms with E-state index in [-0.39, 0.29) is 0 Å². The van der Waals surface area contributed by atoms with Crippen LogP contribution >= 0.6 is 0 Å². The number of nitrogens with one attached hydrogen (secondary N) is 3. The van der Waals surface area contributed by atoms with Crippen LogP contribution < -0.4 is 5.32 Å². The Balaban J connectivity index is 1.45. The maximum Gasteiger partial charge on any atom is 0.161 e. The van der Waals surface area contributed by atoms with Crippen molar-refractivity contribution in [3.8, 4) is 33.9 Å². The second-order valence-corrected chi connectivity index (χ2v) is 9.08. The molecule has 7 nitrogen and oxygen atoms in total. The van der Waals surface area contributed by atoms with E-state index in [1.807, 2.05) is 36.7 Å². The zero-order valence-electron chi connectivity index (χ0n) is 19.8. The Kier molecular flexibility index (Phi) is 5.03. The first-order chi connectivity index (χ1) is 17.0. The van der Waals surface area contributed by atoms with Gasteiger partial charge in [0.05, 0.1) is 27.9 Å². The molecule has 0 spiro atoms. The maximum atomic E-state index is 4.96. The van der Waals surface area contributed by atoms with Gasteiger partial charge in [0.15, 0.2) is 11.5 Å². The number of aryl methyl sites for hydroxylation is 1. The van der Waals surface area contributed by atoms with E-state index < -0.39 is 0 Å². The number of hydrogen-bond acceptors (Lipinski definition) is 5. The Morgan fingerprint density at radius 2 is 1.71 bits per heavy atom. The number of para-hydroxylation sites is 1. The second kappa shape index (κ2) is 8.36. The van der Waals surface area contributed by atoms with E-state index in [0.717, 1.165) is 50.1 Å². The SMILES string of the molecule is Cc1cccc(-c2cccc3[nH]c(-c4n[nH]c5ccc(-c6cncc(NC(C)C)c6)nc45)nc23)c1. The highest BCUT2D eigenvalue weighted by Crippen LogP contribution is 2.32. The third-order valence-corrected chi connectivity index (χ3v) is 5.96. The van der Waals surface area contributed by atoms with Gasteiger partial charge in [0.2, 0.25) is 0 Å². The molecule has 4 heterocycles. The molecule has 0 aliphatic heterocycles. The fraction of sp³-hybridized carbons (Fsp3) is 0.143.